The summed E-state index contributed by atoms with van der Waals surface area (Å²) >= 11 is 0. The molecular formula is C27H43NO. The van der Waals surface area contributed by atoms with Gasteiger partial charge in [-0.2, -0.15) is 0 Å². The molecule has 2 rings (SSSR count). The van der Waals surface area contributed by atoms with E-state index < -0.39 is 0 Å². The predicted molar refractivity (Wildman–Crippen MR) is 131 cm³/mol. The van der Waals surface area contributed by atoms with E-state index in [1.165, 1.54) is 36.0 Å². The first kappa shape index (κ1) is 27.1. The molecule has 0 spiro atoms. The molecule has 0 aromatic heterocycles. The van der Waals surface area contributed by atoms with Crippen LogP contribution in [0, 0.1) is 0 Å². The minimum absolute atomic E-state index is 0.546. The summed E-state index contributed by atoms with van der Waals surface area (Å²) in [7, 11) is 0. The van der Waals surface area contributed by atoms with E-state index >= 15 is 0 Å². The zero-order chi connectivity index (χ0) is 21.9. The van der Waals surface area contributed by atoms with Crippen LogP contribution in [0.4, 0.5) is 0 Å². The molecule has 1 unspecified atom stereocenters. The summed E-state index contributed by atoms with van der Waals surface area (Å²) in [4.78, 5) is 4.41. The van der Waals surface area contributed by atoms with Gasteiger partial charge in [0.2, 0.25) is 0 Å². The summed E-state index contributed by atoms with van der Waals surface area (Å²) in [6, 6.07) is 12.0. The molecule has 1 aromatic carbocycles. The van der Waals surface area contributed by atoms with Crippen LogP contribution in [0.2, 0.25) is 0 Å². The van der Waals surface area contributed by atoms with Crippen molar-refractivity contribution in [3.8, 4) is 0 Å². The lowest BCUT2D eigenvalue weighted by molar-refractivity contribution is 0.125. The molecule has 0 aliphatic carbocycles. The maximum atomic E-state index is 5.15. The van der Waals surface area contributed by atoms with Crippen LogP contribution in [-0.2, 0) is 4.74 Å². The van der Waals surface area contributed by atoms with Gasteiger partial charge >= 0.3 is 0 Å². The van der Waals surface area contributed by atoms with Crippen molar-refractivity contribution in [2.75, 3.05) is 6.61 Å². The van der Waals surface area contributed by atoms with Gasteiger partial charge in [-0.05, 0) is 71.4 Å². The van der Waals surface area contributed by atoms with E-state index in [9.17, 15) is 0 Å². The lowest BCUT2D eigenvalue weighted by atomic mass is 9.98. The molecule has 1 atom stereocenters. The number of hydrogen-bond donors (Lipinski definition) is 0. The SMILES string of the molecule is CC1CCCO1.CC=N/C(C)=C(/C=C\CCC)C(\C)=C(/C)CC.c1ccccc1. The van der Waals surface area contributed by atoms with Gasteiger partial charge in [0.25, 0.3) is 0 Å². The molecule has 0 N–H and O–H groups in total. The van der Waals surface area contributed by atoms with Crippen molar-refractivity contribution in [1.82, 2.24) is 0 Å². The number of rotatable bonds is 6. The Hall–Kier alpha value is -1.93. The summed E-state index contributed by atoms with van der Waals surface area (Å²) in [5.41, 5.74) is 5.18. The van der Waals surface area contributed by atoms with Crippen molar-refractivity contribution in [1.29, 1.82) is 0 Å². The molecule has 29 heavy (non-hydrogen) atoms. The van der Waals surface area contributed by atoms with E-state index in [0.29, 0.717) is 6.10 Å². The van der Waals surface area contributed by atoms with E-state index in [4.69, 9.17) is 4.74 Å². The normalized spacial score (nSPS) is 17.8. The maximum absolute atomic E-state index is 5.15. The summed E-state index contributed by atoms with van der Waals surface area (Å²) in [5.74, 6) is 0. The van der Waals surface area contributed by atoms with Crippen molar-refractivity contribution in [2.24, 2.45) is 4.99 Å². The first-order chi connectivity index (χ1) is 14.0. The van der Waals surface area contributed by atoms with Crippen LogP contribution in [0.3, 0.4) is 0 Å². The highest BCUT2D eigenvalue weighted by atomic mass is 16.5. The standard InChI is InChI=1S/C16H27N.C6H6.C5H10O/c1-7-10-11-12-16(15(6)17-9-3)14(5)13(4)8-2;1-2-4-6-5-3-1;1-5-3-2-4-6-5/h9,11-12H,7-8,10H2,1-6H3;1-6H;5H,2-4H2,1H3/b12-11-,14-13+,16-15-,17-9?;;. The van der Waals surface area contributed by atoms with Crippen molar-refractivity contribution >= 4 is 6.21 Å². The Balaban J connectivity index is 0.000000519. The van der Waals surface area contributed by atoms with E-state index in [1.807, 2.05) is 49.5 Å². The molecule has 1 aromatic rings. The first-order valence-corrected chi connectivity index (χ1v) is 11.1. The molecule has 1 heterocycles. The lowest BCUT2D eigenvalue weighted by Gasteiger charge is -2.09. The summed E-state index contributed by atoms with van der Waals surface area (Å²) in [6.45, 7) is 15.9. The van der Waals surface area contributed by atoms with Crippen molar-refractivity contribution in [3.63, 3.8) is 0 Å². The molecular weight excluding hydrogens is 354 g/mol. The second kappa shape index (κ2) is 18.1. The van der Waals surface area contributed by atoms with Gasteiger partial charge in [-0.25, -0.2) is 0 Å². The van der Waals surface area contributed by atoms with Gasteiger partial charge < -0.3 is 4.74 Å². The Kier molecular flexibility index (Phi) is 16.9. The second-order valence-corrected chi connectivity index (χ2v) is 7.31. The molecule has 0 saturated carbocycles. The van der Waals surface area contributed by atoms with Crippen LogP contribution in [0.15, 0.2) is 76.0 Å². The van der Waals surface area contributed by atoms with Gasteiger partial charge in [0.15, 0.2) is 0 Å². The zero-order valence-electron chi connectivity index (χ0n) is 19.9. The Morgan fingerprint density at radius 1 is 1.03 bits per heavy atom. The van der Waals surface area contributed by atoms with Crippen LogP contribution in [0.1, 0.15) is 80.6 Å². The van der Waals surface area contributed by atoms with Crippen LogP contribution in [0.25, 0.3) is 0 Å². The van der Waals surface area contributed by atoms with E-state index in [-0.39, 0.29) is 0 Å². The molecule has 0 bridgehead atoms. The molecule has 1 saturated heterocycles. The zero-order valence-corrected chi connectivity index (χ0v) is 19.9. The quantitative estimate of drug-likeness (QED) is 0.349. The fourth-order valence-corrected chi connectivity index (χ4v) is 2.77. The largest absolute Gasteiger partial charge is 0.379 e. The third-order valence-corrected chi connectivity index (χ3v) is 4.85. The lowest BCUT2D eigenvalue weighted by Crippen LogP contribution is -1.94. The van der Waals surface area contributed by atoms with Crippen LogP contribution >= 0.6 is 0 Å². The van der Waals surface area contributed by atoms with Gasteiger partial charge in [0, 0.05) is 18.5 Å². The summed E-state index contributed by atoms with van der Waals surface area (Å²) < 4.78 is 5.15. The molecule has 0 radical (unpaired) electrons. The first-order valence-electron chi connectivity index (χ1n) is 11.1. The van der Waals surface area contributed by atoms with Crippen molar-refractivity contribution < 1.29 is 4.74 Å². The average Bonchev–Trinajstić information content (AvgIpc) is 3.23. The number of nitrogens with zero attached hydrogens (tertiary/aromatic N) is 1. The van der Waals surface area contributed by atoms with Gasteiger partial charge in [-0.15, -0.1) is 0 Å². The fourth-order valence-electron chi connectivity index (χ4n) is 2.77. The summed E-state index contributed by atoms with van der Waals surface area (Å²) in [6.07, 6.45) is 12.8. The fraction of sp³-hybridized carbons (Fsp3) is 0.519. The molecule has 162 valence electrons. The Labute approximate surface area is 180 Å². The van der Waals surface area contributed by atoms with E-state index in [2.05, 4.69) is 58.7 Å². The number of ether oxygens (including phenoxy) is 1. The Bertz CT molecular complexity index is 605. The van der Waals surface area contributed by atoms with Gasteiger partial charge in [-0.3, -0.25) is 4.99 Å². The monoisotopic (exact) mass is 397 g/mol. The van der Waals surface area contributed by atoms with Gasteiger partial charge in [0.1, 0.15) is 0 Å². The van der Waals surface area contributed by atoms with Gasteiger partial charge in [-0.1, -0.05) is 74.4 Å². The van der Waals surface area contributed by atoms with Crippen LogP contribution in [-0.4, -0.2) is 18.9 Å². The topological polar surface area (TPSA) is 21.6 Å². The van der Waals surface area contributed by atoms with E-state index in [1.54, 1.807) is 0 Å². The number of hydrogen-bond acceptors (Lipinski definition) is 2. The number of benzene rings is 1. The van der Waals surface area contributed by atoms with Crippen LogP contribution in [0.5, 0.6) is 0 Å². The van der Waals surface area contributed by atoms with E-state index in [0.717, 1.165) is 25.1 Å². The molecule has 1 aliphatic heterocycles. The average molecular weight is 398 g/mol. The molecule has 2 nitrogen and oxygen atoms in total. The number of unbranched alkanes of at least 4 members (excludes halogenated alkanes) is 1. The molecule has 2 heteroatoms. The molecule has 0 amide bonds. The highest BCUT2D eigenvalue weighted by Gasteiger charge is 2.07. The Morgan fingerprint density at radius 2 is 1.62 bits per heavy atom. The molecule has 1 fully saturated rings. The highest BCUT2D eigenvalue weighted by Crippen LogP contribution is 2.22. The Morgan fingerprint density at radius 3 is 1.97 bits per heavy atom. The minimum Gasteiger partial charge on any atom is -0.379 e. The number of allylic oxidation sites excluding steroid dienone is 6. The third kappa shape index (κ3) is 13.8. The predicted octanol–water partition coefficient (Wildman–Crippen LogP) is 8.33. The summed E-state index contributed by atoms with van der Waals surface area (Å²) in [5, 5.41) is 0. The minimum atomic E-state index is 0.546. The maximum Gasteiger partial charge on any atom is 0.0547 e. The second-order valence-electron chi connectivity index (χ2n) is 7.31. The van der Waals surface area contributed by atoms with Crippen LogP contribution < -0.4 is 0 Å². The third-order valence-electron chi connectivity index (χ3n) is 4.85. The van der Waals surface area contributed by atoms with Crippen molar-refractivity contribution in [2.45, 2.75) is 86.7 Å². The molecule has 1 aliphatic rings. The highest BCUT2D eigenvalue weighted by molar-refractivity contribution is 5.57. The van der Waals surface area contributed by atoms with Gasteiger partial charge in [0.05, 0.1) is 6.10 Å². The van der Waals surface area contributed by atoms with Crippen molar-refractivity contribution in [3.05, 3.63) is 71.0 Å². The number of aliphatic imine (C=N–C) groups is 1. The smallest absolute Gasteiger partial charge is 0.0547 e.